The fraction of sp³-hybridized carbons (Fsp3) is 0.636. The molecule has 5 heteroatoms. The summed E-state index contributed by atoms with van der Waals surface area (Å²) in [6.07, 6.45) is 4.32. The number of aromatic nitrogens is 2. The van der Waals surface area contributed by atoms with Crippen LogP contribution in [0, 0.1) is 5.92 Å². The first-order valence-electron chi connectivity index (χ1n) is 5.65. The SMILES string of the molecule is CCCC(CCO)CNc1cc(=O)[nH]cn1. The molecule has 1 rings (SSSR count). The molecule has 0 spiro atoms. The molecule has 1 aromatic heterocycles. The molecule has 1 atom stereocenters. The summed E-state index contributed by atoms with van der Waals surface area (Å²) in [5, 5.41) is 12.0. The Labute approximate surface area is 94.9 Å². The Kier molecular flexibility index (Phi) is 5.56. The predicted molar refractivity (Wildman–Crippen MR) is 63.4 cm³/mol. The van der Waals surface area contributed by atoms with Crippen LogP contribution in [0.15, 0.2) is 17.2 Å². The maximum absolute atomic E-state index is 11.0. The van der Waals surface area contributed by atoms with Gasteiger partial charge in [0.15, 0.2) is 0 Å². The summed E-state index contributed by atoms with van der Waals surface area (Å²) in [6, 6.07) is 1.43. The summed E-state index contributed by atoms with van der Waals surface area (Å²) >= 11 is 0. The largest absolute Gasteiger partial charge is 0.396 e. The van der Waals surface area contributed by atoms with E-state index in [2.05, 4.69) is 22.2 Å². The van der Waals surface area contributed by atoms with Gasteiger partial charge in [-0.05, 0) is 18.8 Å². The van der Waals surface area contributed by atoms with E-state index >= 15 is 0 Å². The first kappa shape index (κ1) is 12.7. The van der Waals surface area contributed by atoms with Crippen LogP contribution in [-0.4, -0.2) is 28.2 Å². The third kappa shape index (κ3) is 4.44. The number of aliphatic hydroxyl groups is 1. The van der Waals surface area contributed by atoms with Crippen LogP contribution in [0.4, 0.5) is 5.82 Å². The van der Waals surface area contributed by atoms with Gasteiger partial charge in [-0.1, -0.05) is 13.3 Å². The first-order chi connectivity index (χ1) is 7.76. The molecule has 90 valence electrons. The molecule has 1 unspecified atom stereocenters. The maximum atomic E-state index is 11.0. The predicted octanol–water partition coefficient (Wildman–Crippen LogP) is 0.980. The smallest absolute Gasteiger partial charge is 0.252 e. The highest BCUT2D eigenvalue weighted by Crippen LogP contribution is 2.11. The normalized spacial score (nSPS) is 12.4. The summed E-state index contributed by atoms with van der Waals surface area (Å²) in [4.78, 5) is 17.5. The fourth-order valence-electron chi connectivity index (χ4n) is 1.65. The Morgan fingerprint density at radius 3 is 3.00 bits per heavy atom. The summed E-state index contributed by atoms with van der Waals surface area (Å²) in [7, 11) is 0. The molecule has 0 aromatic carbocycles. The number of hydrogen-bond donors (Lipinski definition) is 3. The Morgan fingerprint density at radius 1 is 1.56 bits per heavy atom. The van der Waals surface area contributed by atoms with Crippen molar-refractivity contribution in [2.45, 2.75) is 26.2 Å². The molecule has 0 saturated carbocycles. The molecule has 0 aliphatic rings. The van der Waals surface area contributed by atoms with Crippen LogP contribution in [0.5, 0.6) is 0 Å². The summed E-state index contributed by atoms with van der Waals surface area (Å²) in [6.45, 7) is 3.07. The summed E-state index contributed by atoms with van der Waals surface area (Å²) < 4.78 is 0. The van der Waals surface area contributed by atoms with Crippen molar-refractivity contribution in [1.82, 2.24) is 9.97 Å². The van der Waals surface area contributed by atoms with E-state index in [9.17, 15) is 4.79 Å². The second-order valence-corrected chi connectivity index (χ2v) is 3.84. The van der Waals surface area contributed by atoms with E-state index in [0.717, 1.165) is 25.8 Å². The van der Waals surface area contributed by atoms with Gasteiger partial charge in [-0.15, -0.1) is 0 Å². The van der Waals surface area contributed by atoms with E-state index in [1.165, 1.54) is 12.4 Å². The fourth-order valence-corrected chi connectivity index (χ4v) is 1.65. The second-order valence-electron chi connectivity index (χ2n) is 3.84. The minimum absolute atomic E-state index is 0.160. The number of H-pyrrole nitrogens is 1. The van der Waals surface area contributed by atoms with Gasteiger partial charge in [0.2, 0.25) is 0 Å². The number of anilines is 1. The second kappa shape index (κ2) is 7.00. The Bertz CT molecular complexity index is 345. The van der Waals surface area contributed by atoms with E-state index in [4.69, 9.17) is 5.11 Å². The summed E-state index contributed by atoms with van der Waals surface area (Å²) in [5.74, 6) is 1.01. The van der Waals surface area contributed by atoms with Crippen molar-refractivity contribution in [2.75, 3.05) is 18.5 Å². The lowest BCUT2D eigenvalue weighted by Gasteiger charge is -2.15. The number of nitrogens with zero attached hydrogens (tertiary/aromatic N) is 1. The lowest BCUT2D eigenvalue weighted by molar-refractivity contribution is 0.255. The molecule has 0 aliphatic carbocycles. The highest BCUT2D eigenvalue weighted by atomic mass is 16.3. The van der Waals surface area contributed by atoms with E-state index in [-0.39, 0.29) is 12.2 Å². The van der Waals surface area contributed by atoms with Crippen molar-refractivity contribution in [1.29, 1.82) is 0 Å². The molecular formula is C11H19N3O2. The molecule has 0 saturated heterocycles. The van der Waals surface area contributed by atoms with E-state index in [1.807, 2.05) is 0 Å². The van der Waals surface area contributed by atoms with Gasteiger partial charge in [-0.2, -0.15) is 0 Å². The minimum Gasteiger partial charge on any atom is -0.396 e. The van der Waals surface area contributed by atoms with Gasteiger partial charge in [0.1, 0.15) is 5.82 Å². The molecular weight excluding hydrogens is 206 g/mol. The van der Waals surface area contributed by atoms with Gasteiger partial charge >= 0.3 is 0 Å². The Morgan fingerprint density at radius 2 is 2.38 bits per heavy atom. The number of aromatic amines is 1. The zero-order chi connectivity index (χ0) is 11.8. The van der Waals surface area contributed by atoms with Crippen LogP contribution < -0.4 is 10.9 Å². The molecule has 1 heterocycles. The van der Waals surface area contributed by atoms with Crippen molar-refractivity contribution >= 4 is 5.82 Å². The molecule has 0 fully saturated rings. The van der Waals surface area contributed by atoms with Crippen molar-refractivity contribution in [3.63, 3.8) is 0 Å². The van der Waals surface area contributed by atoms with Gasteiger partial charge in [0.05, 0.1) is 6.33 Å². The lowest BCUT2D eigenvalue weighted by atomic mass is 10.0. The topological polar surface area (TPSA) is 78.0 Å². The van der Waals surface area contributed by atoms with Crippen LogP contribution in [0.2, 0.25) is 0 Å². The van der Waals surface area contributed by atoms with Crippen molar-refractivity contribution in [2.24, 2.45) is 5.92 Å². The molecule has 0 aliphatic heterocycles. The lowest BCUT2D eigenvalue weighted by Crippen LogP contribution is -2.17. The molecule has 5 nitrogen and oxygen atoms in total. The third-order valence-corrected chi connectivity index (χ3v) is 2.48. The van der Waals surface area contributed by atoms with E-state index in [0.29, 0.717) is 11.7 Å². The van der Waals surface area contributed by atoms with Gasteiger partial charge in [0, 0.05) is 19.2 Å². The van der Waals surface area contributed by atoms with Crippen LogP contribution in [-0.2, 0) is 0 Å². The highest BCUT2D eigenvalue weighted by Gasteiger charge is 2.07. The van der Waals surface area contributed by atoms with Gasteiger partial charge < -0.3 is 15.4 Å². The monoisotopic (exact) mass is 225 g/mol. The van der Waals surface area contributed by atoms with Gasteiger partial charge in [-0.3, -0.25) is 4.79 Å². The number of rotatable bonds is 7. The Balaban J connectivity index is 2.44. The summed E-state index contributed by atoms with van der Waals surface area (Å²) in [5.41, 5.74) is -0.160. The zero-order valence-corrected chi connectivity index (χ0v) is 9.57. The Hall–Kier alpha value is -1.36. The average Bonchev–Trinajstić information content (AvgIpc) is 2.27. The van der Waals surface area contributed by atoms with E-state index < -0.39 is 0 Å². The van der Waals surface area contributed by atoms with Crippen LogP contribution in [0.1, 0.15) is 26.2 Å². The maximum Gasteiger partial charge on any atom is 0.252 e. The van der Waals surface area contributed by atoms with Crippen molar-refractivity contribution in [3.8, 4) is 0 Å². The quantitative estimate of drug-likeness (QED) is 0.646. The number of nitrogens with one attached hydrogen (secondary N) is 2. The molecule has 16 heavy (non-hydrogen) atoms. The van der Waals surface area contributed by atoms with E-state index in [1.54, 1.807) is 0 Å². The minimum atomic E-state index is -0.160. The highest BCUT2D eigenvalue weighted by molar-refractivity contribution is 5.31. The van der Waals surface area contributed by atoms with Gasteiger partial charge in [0.25, 0.3) is 5.56 Å². The van der Waals surface area contributed by atoms with Crippen LogP contribution in [0.25, 0.3) is 0 Å². The molecule has 0 bridgehead atoms. The number of aliphatic hydroxyl groups excluding tert-OH is 1. The number of hydrogen-bond acceptors (Lipinski definition) is 4. The van der Waals surface area contributed by atoms with Crippen molar-refractivity contribution in [3.05, 3.63) is 22.7 Å². The van der Waals surface area contributed by atoms with Crippen LogP contribution >= 0.6 is 0 Å². The van der Waals surface area contributed by atoms with Crippen LogP contribution in [0.3, 0.4) is 0 Å². The third-order valence-electron chi connectivity index (χ3n) is 2.48. The molecule has 3 N–H and O–H groups in total. The van der Waals surface area contributed by atoms with Gasteiger partial charge in [-0.25, -0.2) is 4.98 Å². The first-order valence-corrected chi connectivity index (χ1v) is 5.65. The molecule has 0 amide bonds. The molecule has 1 aromatic rings. The standard InChI is InChI=1S/C11H19N3O2/c1-2-3-9(4-5-15)7-12-10-6-11(16)14-8-13-10/h6,8-9,15H,2-5,7H2,1H3,(H2,12,13,14,16). The molecule has 0 radical (unpaired) electrons. The average molecular weight is 225 g/mol. The van der Waals surface area contributed by atoms with Crippen molar-refractivity contribution < 1.29 is 5.11 Å². The zero-order valence-electron chi connectivity index (χ0n) is 9.57.